The van der Waals surface area contributed by atoms with Crippen molar-refractivity contribution in [2.24, 2.45) is 0 Å². The average Bonchev–Trinajstić information content (AvgIpc) is 3.12. The number of thioether (sulfide) groups is 1. The Morgan fingerprint density at radius 1 is 1.09 bits per heavy atom. The number of nitrogens with zero attached hydrogens (tertiary/aromatic N) is 4. The maximum absolute atomic E-state index is 12.7. The second-order valence-electron chi connectivity index (χ2n) is 6.73. The van der Waals surface area contributed by atoms with E-state index < -0.39 is 6.36 Å². The van der Waals surface area contributed by atoms with E-state index in [1.54, 1.807) is 24.7 Å². The van der Waals surface area contributed by atoms with Gasteiger partial charge in [0.05, 0.1) is 18.6 Å². The number of carbonyl (C=O) groups excluding carboxylic acids is 1. The zero-order valence-electron chi connectivity index (χ0n) is 17.6. The topological polar surface area (TPSA) is 69.5 Å². The van der Waals surface area contributed by atoms with Crippen molar-refractivity contribution < 1.29 is 27.4 Å². The number of amides is 1. The first-order chi connectivity index (χ1) is 15.2. The normalized spacial score (nSPS) is 11.3. The number of carbonyl (C=O) groups is 1. The van der Waals surface area contributed by atoms with Crippen LogP contribution < -0.4 is 9.47 Å². The van der Waals surface area contributed by atoms with Crippen molar-refractivity contribution in [1.82, 2.24) is 19.7 Å². The number of hydrogen-bond donors (Lipinski definition) is 0. The molecule has 7 nitrogen and oxygen atoms in total. The third-order valence-electron chi connectivity index (χ3n) is 4.48. The van der Waals surface area contributed by atoms with E-state index in [2.05, 4.69) is 14.9 Å². The largest absolute Gasteiger partial charge is 0.573 e. The predicted molar refractivity (Wildman–Crippen MR) is 113 cm³/mol. The van der Waals surface area contributed by atoms with E-state index in [1.165, 1.54) is 41.9 Å². The van der Waals surface area contributed by atoms with Gasteiger partial charge in [-0.15, -0.1) is 23.4 Å². The molecule has 0 saturated heterocycles. The fraction of sp³-hybridized carbons (Fsp3) is 0.286. The fourth-order valence-corrected chi connectivity index (χ4v) is 3.90. The molecule has 0 aliphatic rings. The van der Waals surface area contributed by atoms with Crippen molar-refractivity contribution in [2.75, 3.05) is 19.9 Å². The van der Waals surface area contributed by atoms with E-state index in [0.717, 1.165) is 5.69 Å². The minimum absolute atomic E-state index is 0.0199. The SMILES string of the molecule is COc1ccccc1-n1c(C)nnc1SCC(=O)N(C)Cc1ccccc1OC(F)(F)F. The average molecular weight is 466 g/mol. The minimum Gasteiger partial charge on any atom is -0.495 e. The molecule has 3 aromatic rings. The van der Waals surface area contributed by atoms with Crippen molar-refractivity contribution >= 4 is 17.7 Å². The summed E-state index contributed by atoms with van der Waals surface area (Å²) in [6, 6.07) is 13.1. The summed E-state index contributed by atoms with van der Waals surface area (Å²) in [6.07, 6.45) is -4.81. The lowest BCUT2D eigenvalue weighted by Crippen LogP contribution is -2.28. The van der Waals surface area contributed by atoms with Gasteiger partial charge < -0.3 is 14.4 Å². The van der Waals surface area contributed by atoms with Crippen LogP contribution in [0, 0.1) is 6.92 Å². The van der Waals surface area contributed by atoms with Crippen LogP contribution in [0.5, 0.6) is 11.5 Å². The molecular formula is C21H21F3N4O3S. The Kier molecular flexibility index (Phi) is 7.29. The number of ether oxygens (including phenoxy) is 2. The lowest BCUT2D eigenvalue weighted by molar-refractivity contribution is -0.275. The number of aromatic nitrogens is 3. The Morgan fingerprint density at radius 3 is 2.44 bits per heavy atom. The summed E-state index contributed by atoms with van der Waals surface area (Å²) in [5, 5.41) is 8.73. The monoisotopic (exact) mass is 466 g/mol. The van der Waals surface area contributed by atoms with Gasteiger partial charge in [-0.2, -0.15) is 0 Å². The summed E-state index contributed by atoms with van der Waals surface area (Å²) >= 11 is 1.17. The highest BCUT2D eigenvalue weighted by Gasteiger charge is 2.32. The van der Waals surface area contributed by atoms with Crippen LogP contribution >= 0.6 is 11.8 Å². The first-order valence-corrected chi connectivity index (χ1v) is 10.4. The number of methoxy groups -OCH3 is 1. The second-order valence-corrected chi connectivity index (χ2v) is 7.67. The summed E-state index contributed by atoms with van der Waals surface area (Å²) < 4.78 is 49.1. The summed E-state index contributed by atoms with van der Waals surface area (Å²) in [5.74, 6) is 0.646. The molecular weight excluding hydrogens is 445 g/mol. The second kappa shape index (κ2) is 9.94. The maximum atomic E-state index is 12.7. The van der Waals surface area contributed by atoms with Crippen LogP contribution in [0.2, 0.25) is 0 Å². The zero-order valence-corrected chi connectivity index (χ0v) is 18.4. The Morgan fingerprint density at radius 2 is 1.75 bits per heavy atom. The van der Waals surface area contributed by atoms with Crippen LogP contribution in [0.1, 0.15) is 11.4 Å². The van der Waals surface area contributed by atoms with Crippen LogP contribution in [-0.4, -0.2) is 51.8 Å². The molecule has 1 amide bonds. The molecule has 2 aromatic carbocycles. The summed E-state index contributed by atoms with van der Waals surface area (Å²) in [4.78, 5) is 14.0. The highest BCUT2D eigenvalue weighted by molar-refractivity contribution is 7.99. The van der Waals surface area contributed by atoms with E-state index in [4.69, 9.17) is 4.74 Å². The highest BCUT2D eigenvalue weighted by atomic mass is 32.2. The standard InChI is InChI=1S/C21H21F3N4O3S/c1-14-25-26-20(28(14)16-9-5-7-11-18(16)30-3)32-13-19(29)27(2)12-15-8-4-6-10-17(15)31-21(22,23)24/h4-11H,12-13H2,1-3H3. The van der Waals surface area contributed by atoms with Crippen LogP contribution in [0.3, 0.4) is 0 Å². The minimum atomic E-state index is -4.81. The molecule has 0 spiro atoms. The molecule has 0 saturated carbocycles. The lowest BCUT2D eigenvalue weighted by Gasteiger charge is -2.20. The summed E-state index contributed by atoms with van der Waals surface area (Å²) in [7, 11) is 3.08. The van der Waals surface area contributed by atoms with Gasteiger partial charge >= 0.3 is 6.36 Å². The molecule has 0 bridgehead atoms. The Balaban J connectivity index is 1.70. The molecule has 11 heteroatoms. The van der Waals surface area contributed by atoms with E-state index in [9.17, 15) is 18.0 Å². The molecule has 1 aromatic heterocycles. The summed E-state index contributed by atoms with van der Waals surface area (Å²) in [6.45, 7) is 1.75. The van der Waals surface area contributed by atoms with Gasteiger partial charge in [0.2, 0.25) is 5.91 Å². The van der Waals surface area contributed by atoms with Crippen LogP contribution in [0.25, 0.3) is 5.69 Å². The molecule has 0 aliphatic heterocycles. The van der Waals surface area contributed by atoms with Crippen LogP contribution in [-0.2, 0) is 11.3 Å². The van der Waals surface area contributed by atoms with Crippen LogP contribution in [0.4, 0.5) is 13.2 Å². The van der Waals surface area contributed by atoms with E-state index in [0.29, 0.717) is 16.7 Å². The van der Waals surface area contributed by atoms with Gasteiger partial charge in [0, 0.05) is 19.2 Å². The van der Waals surface area contributed by atoms with Crippen molar-refractivity contribution in [3.8, 4) is 17.2 Å². The molecule has 0 aliphatic carbocycles. The van der Waals surface area contributed by atoms with Crippen molar-refractivity contribution in [3.05, 3.63) is 59.9 Å². The van der Waals surface area contributed by atoms with Gasteiger partial charge in [0.1, 0.15) is 17.3 Å². The lowest BCUT2D eigenvalue weighted by atomic mass is 10.2. The Labute approximate surface area is 187 Å². The van der Waals surface area contributed by atoms with Crippen LogP contribution in [0.15, 0.2) is 53.7 Å². The van der Waals surface area contributed by atoms with E-state index in [-0.39, 0.29) is 29.5 Å². The van der Waals surface area contributed by atoms with Gasteiger partial charge in [0.15, 0.2) is 5.16 Å². The van der Waals surface area contributed by atoms with Gasteiger partial charge in [0.25, 0.3) is 0 Å². The quantitative estimate of drug-likeness (QED) is 0.463. The first kappa shape index (κ1) is 23.5. The number of aryl methyl sites for hydroxylation is 1. The first-order valence-electron chi connectivity index (χ1n) is 9.45. The number of hydrogen-bond acceptors (Lipinski definition) is 6. The molecule has 0 radical (unpaired) electrons. The molecule has 0 N–H and O–H groups in total. The number of para-hydroxylation sites is 3. The number of benzene rings is 2. The number of rotatable bonds is 8. The predicted octanol–water partition coefficient (Wildman–Crippen LogP) is 4.23. The molecule has 0 atom stereocenters. The maximum Gasteiger partial charge on any atom is 0.573 e. The molecule has 170 valence electrons. The summed E-state index contributed by atoms with van der Waals surface area (Å²) in [5.41, 5.74) is 0.984. The third-order valence-corrected chi connectivity index (χ3v) is 5.39. The molecule has 0 unspecified atom stereocenters. The van der Waals surface area contributed by atoms with Crippen molar-refractivity contribution in [1.29, 1.82) is 0 Å². The molecule has 3 rings (SSSR count). The van der Waals surface area contributed by atoms with E-state index in [1.807, 2.05) is 24.3 Å². The Bertz CT molecular complexity index is 1090. The van der Waals surface area contributed by atoms with Crippen molar-refractivity contribution in [3.63, 3.8) is 0 Å². The molecule has 32 heavy (non-hydrogen) atoms. The molecule has 1 heterocycles. The number of halogens is 3. The van der Waals surface area contributed by atoms with E-state index >= 15 is 0 Å². The zero-order chi connectivity index (χ0) is 23.3. The number of alkyl halides is 3. The van der Waals surface area contributed by atoms with Gasteiger partial charge in [-0.05, 0) is 25.1 Å². The fourth-order valence-electron chi connectivity index (χ4n) is 2.97. The highest BCUT2D eigenvalue weighted by Crippen LogP contribution is 2.29. The van der Waals surface area contributed by atoms with Gasteiger partial charge in [-0.3, -0.25) is 9.36 Å². The third kappa shape index (κ3) is 5.72. The van der Waals surface area contributed by atoms with Crippen molar-refractivity contribution in [2.45, 2.75) is 25.0 Å². The van der Waals surface area contributed by atoms with Gasteiger partial charge in [-0.25, -0.2) is 0 Å². The van der Waals surface area contributed by atoms with Gasteiger partial charge in [-0.1, -0.05) is 42.1 Å². The Hall–Kier alpha value is -3.21. The molecule has 0 fully saturated rings. The smallest absolute Gasteiger partial charge is 0.495 e.